The van der Waals surface area contributed by atoms with Crippen molar-refractivity contribution in [3.8, 4) is 0 Å². The van der Waals surface area contributed by atoms with Gasteiger partial charge in [0.2, 0.25) is 0 Å². The van der Waals surface area contributed by atoms with Crippen LogP contribution in [0.3, 0.4) is 0 Å². The van der Waals surface area contributed by atoms with E-state index in [-0.39, 0.29) is 0 Å². The molecule has 0 aliphatic heterocycles. The Bertz CT molecular complexity index is 608. The monoisotopic (exact) mass is 240 g/mol. The second-order valence-electron chi connectivity index (χ2n) is 3.00. The van der Waals surface area contributed by atoms with Gasteiger partial charge in [0, 0.05) is 4.70 Å². The summed E-state index contributed by atoms with van der Waals surface area (Å²) in [5.74, 6) is 0. The molecule has 0 atom stereocenters. The lowest BCUT2D eigenvalue weighted by atomic mass is 10.2. The van der Waals surface area contributed by atoms with E-state index in [1.54, 1.807) is 0 Å². The van der Waals surface area contributed by atoms with Crippen LogP contribution in [0.15, 0.2) is 35.1 Å². The zero-order chi connectivity index (χ0) is 10.9. The molecule has 0 fully saturated rings. The Morgan fingerprint density at radius 2 is 2.00 bits per heavy atom. The summed E-state index contributed by atoms with van der Waals surface area (Å²) in [6.07, 6.45) is 1.40. The molecule has 5 heteroatoms. The quantitative estimate of drug-likeness (QED) is 0.821. The topological polar surface area (TPSA) is 54.4 Å². The molecule has 0 unspecified atom stereocenters. The fraction of sp³-hybridized carbons (Fsp3) is 0. The molecule has 78 valence electrons. The molecule has 0 radical (unpaired) electrons. The number of hydrogen-bond acceptors (Lipinski definition) is 3. The molecule has 15 heavy (non-hydrogen) atoms. The summed E-state index contributed by atoms with van der Waals surface area (Å²) in [4.78, 5) is 0. The summed E-state index contributed by atoms with van der Waals surface area (Å²) in [6.45, 7) is 0. The van der Waals surface area contributed by atoms with Crippen LogP contribution in [0.4, 0.5) is 0 Å². The van der Waals surface area contributed by atoms with E-state index in [1.807, 2.05) is 29.6 Å². The van der Waals surface area contributed by atoms with Crippen molar-refractivity contribution in [1.82, 2.24) is 0 Å². The highest BCUT2D eigenvalue weighted by Crippen LogP contribution is 2.26. The average Bonchev–Trinajstić information content (AvgIpc) is 2.57. The van der Waals surface area contributed by atoms with E-state index in [0.717, 1.165) is 21.1 Å². The van der Waals surface area contributed by atoms with Crippen molar-refractivity contribution in [1.29, 1.82) is 0 Å². The Morgan fingerprint density at radius 1 is 1.27 bits per heavy atom. The molecule has 2 rings (SSSR count). The highest BCUT2D eigenvalue weighted by Gasteiger charge is 2.01. The first kappa shape index (κ1) is 10.4. The maximum Gasteiger partial charge on any atom is 0.287 e. The van der Waals surface area contributed by atoms with Crippen molar-refractivity contribution >= 4 is 37.6 Å². The maximum absolute atomic E-state index is 10.5. The molecule has 1 aromatic carbocycles. The predicted octanol–water partition coefficient (Wildman–Crippen LogP) is 2.76. The summed E-state index contributed by atoms with van der Waals surface area (Å²) >= 11 is 1.54. The smallest absolute Gasteiger partial charge is 0.282 e. The SMILES string of the molecule is O=S(=O)(O)/C=C/c1csc2ccccc12. The summed E-state index contributed by atoms with van der Waals surface area (Å²) in [5.41, 5.74) is 0.799. The minimum absolute atomic E-state index is 0.793. The van der Waals surface area contributed by atoms with E-state index >= 15 is 0 Å². The van der Waals surface area contributed by atoms with Gasteiger partial charge in [-0.1, -0.05) is 18.2 Å². The van der Waals surface area contributed by atoms with E-state index in [4.69, 9.17) is 4.55 Å². The maximum atomic E-state index is 10.5. The fourth-order valence-electron chi connectivity index (χ4n) is 1.29. The van der Waals surface area contributed by atoms with Crippen molar-refractivity contribution in [2.24, 2.45) is 0 Å². The van der Waals surface area contributed by atoms with Gasteiger partial charge in [-0.15, -0.1) is 11.3 Å². The molecule has 1 aromatic heterocycles. The third-order valence-corrected chi connectivity index (χ3v) is 3.39. The lowest BCUT2D eigenvalue weighted by Gasteiger charge is -1.90. The van der Waals surface area contributed by atoms with Crippen LogP contribution in [-0.2, 0) is 10.1 Å². The molecule has 0 aliphatic rings. The number of rotatable bonds is 2. The summed E-state index contributed by atoms with van der Waals surface area (Å²) in [6, 6.07) is 7.69. The first-order chi connectivity index (χ1) is 7.06. The summed E-state index contributed by atoms with van der Waals surface area (Å²) < 4.78 is 30.7. The minimum Gasteiger partial charge on any atom is -0.282 e. The number of hydrogen-bond donors (Lipinski definition) is 1. The molecule has 0 saturated carbocycles. The van der Waals surface area contributed by atoms with Crippen LogP contribution in [0.1, 0.15) is 5.56 Å². The van der Waals surface area contributed by atoms with E-state index in [2.05, 4.69) is 0 Å². The molecule has 0 amide bonds. The molecular weight excluding hydrogens is 232 g/mol. The van der Waals surface area contributed by atoms with E-state index in [0.29, 0.717) is 0 Å². The molecule has 0 aliphatic carbocycles. The zero-order valence-corrected chi connectivity index (χ0v) is 9.25. The Kier molecular flexibility index (Phi) is 2.60. The minimum atomic E-state index is -4.04. The normalized spacial score (nSPS) is 12.6. The van der Waals surface area contributed by atoms with Crippen molar-refractivity contribution in [2.75, 3.05) is 0 Å². The van der Waals surface area contributed by atoms with Gasteiger partial charge < -0.3 is 0 Å². The van der Waals surface area contributed by atoms with Crippen LogP contribution in [-0.4, -0.2) is 13.0 Å². The molecule has 0 bridgehead atoms. The third-order valence-electron chi connectivity index (χ3n) is 1.93. The van der Waals surface area contributed by atoms with E-state index in [1.165, 1.54) is 17.4 Å². The number of benzene rings is 1. The van der Waals surface area contributed by atoms with E-state index in [9.17, 15) is 8.42 Å². The summed E-state index contributed by atoms with van der Waals surface area (Å²) in [7, 11) is -4.04. The first-order valence-corrected chi connectivity index (χ1v) is 6.56. The van der Waals surface area contributed by atoms with Crippen molar-refractivity contribution < 1.29 is 13.0 Å². The molecule has 1 N–H and O–H groups in total. The Morgan fingerprint density at radius 3 is 2.73 bits per heavy atom. The van der Waals surface area contributed by atoms with Crippen molar-refractivity contribution in [3.63, 3.8) is 0 Å². The lowest BCUT2D eigenvalue weighted by Crippen LogP contribution is -1.88. The Hall–Kier alpha value is -1.17. The molecule has 1 heterocycles. The number of fused-ring (bicyclic) bond motifs is 1. The molecular formula is C10H8O3S2. The first-order valence-electron chi connectivity index (χ1n) is 4.18. The second kappa shape index (κ2) is 3.77. The van der Waals surface area contributed by atoms with Gasteiger partial charge in [-0.2, -0.15) is 8.42 Å². The predicted molar refractivity (Wildman–Crippen MR) is 62.4 cm³/mol. The highest BCUT2D eigenvalue weighted by atomic mass is 32.2. The molecule has 0 spiro atoms. The van der Waals surface area contributed by atoms with Crippen LogP contribution < -0.4 is 0 Å². The average molecular weight is 240 g/mol. The van der Waals surface area contributed by atoms with Crippen LogP contribution in [0, 0.1) is 0 Å². The zero-order valence-electron chi connectivity index (χ0n) is 7.62. The van der Waals surface area contributed by atoms with Gasteiger partial charge in [-0.05, 0) is 28.5 Å². The summed E-state index contributed by atoms with van der Waals surface area (Å²) in [5, 5.41) is 3.64. The van der Waals surface area contributed by atoms with Gasteiger partial charge in [0.1, 0.15) is 0 Å². The largest absolute Gasteiger partial charge is 0.287 e. The van der Waals surface area contributed by atoms with Crippen LogP contribution in [0.5, 0.6) is 0 Å². The third kappa shape index (κ3) is 2.44. The van der Waals surface area contributed by atoms with Gasteiger partial charge in [-0.25, -0.2) is 0 Å². The van der Waals surface area contributed by atoms with Crippen LogP contribution in [0.2, 0.25) is 0 Å². The molecule has 2 aromatic rings. The lowest BCUT2D eigenvalue weighted by molar-refractivity contribution is 0.494. The molecule has 0 saturated heterocycles. The van der Waals surface area contributed by atoms with Crippen molar-refractivity contribution in [3.05, 3.63) is 40.6 Å². The van der Waals surface area contributed by atoms with Gasteiger partial charge in [0.05, 0.1) is 5.41 Å². The van der Waals surface area contributed by atoms with Crippen molar-refractivity contribution in [2.45, 2.75) is 0 Å². The van der Waals surface area contributed by atoms with E-state index < -0.39 is 10.1 Å². The highest BCUT2D eigenvalue weighted by molar-refractivity contribution is 7.88. The second-order valence-corrected chi connectivity index (χ2v) is 5.22. The van der Waals surface area contributed by atoms with Gasteiger partial charge in [0.25, 0.3) is 10.1 Å². The standard InChI is InChI=1S/C10H8O3S2/c11-15(12,13)6-5-8-7-14-10-4-2-1-3-9(8)10/h1-7H,(H,11,12,13)/b6-5+. The molecule has 3 nitrogen and oxygen atoms in total. The van der Waals surface area contributed by atoms with Gasteiger partial charge >= 0.3 is 0 Å². The fourth-order valence-corrected chi connectivity index (χ4v) is 2.53. The Labute approximate surface area is 91.4 Å². The number of thiophene rings is 1. The Balaban J connectivity index is 2.50. The van der Waals surface area contributed by atoms with Gasteiger partial charge in [-0.3, -0.25) is 4.55 Å². The van der Waals surface area contributed by atoms with Crippen LogP contribution in [0.25, 0.3) is 16.2 Å². The van der Waals surface area contributed by atoms with Crippen LogP contribution >= 0.6 is 11.3 Å². The van der Waals surface area contributed by atoms with Gasteiger partial charge in [0.15, 0.2) is 0 Å².